The molecule has 5 heteroatoms. The molecule has 0 heterocycles. The molecule has 0 spiro atoms. The van der Waals surface area contributed by atoms with Crippen LogP contribution in [0.15, 0.2) is 18.2 Å². The Kier molecular flexibility index (Phi) is 5.17. The SMILES string of the molecule is CC(C)Oc1ccc(O)c(OC(=O)CCC=O)c1. The molecule has 5 nitrogen and oxygen atoms in total. The highest BCUT2D eigenvalue weighted by molar-refractivity contribution is 5.75. The first-order chi connectivity index (χ1) is 8.52. The van der Waals surface area contributed by atoms with Gasteiger partial charge in [0, 0.05) is 12.5 Å². The molecular formula is C13H16O5. The van der Waals surface area contributed by atoms with Gasteiger partial charge in [0.1, 0.15) is 12.0 Å². The van der Waals surface area contributed by atoms with Crippen LogP contribution in [0, 0.1) is 0 Å². The van der Waals surface area contributed by atoms with Crippen LogP contribution in [0.3, 0.4) is 0 Å². The summed E-state index contributed by atoms with van der Waals surface area (Å²) in [7, 11) is 0. The van der Waals surface area contributed by atoms with Crippen molar-refractivity contribution in [3.63, 3.8) is 0 Å². The van der Waals surface area contributed by atoms with Crippen molar-refractivity contribution in [3.8, 4) is 17.2 Å². The number of phenolic OH excluding ortho intramolecular Hbond substituents is 1. The number of carbonyl (C=O) groups excluding carboxylic acids is 2. The summed E-state index contributed by atoms with van der Waals surface area (Å²) in [6, 6.07) is 4.41. The summed E-state index contributed by atoms with van der Waals surface area (Å²) in [6.45, 7) is 3.73. The molecule has 0 aliphatic rings. The second-order valence-electron chi connectivity index (χ2n) is 3.98. The smallest absolute Gasteiger partial charge is 0.311 e. The molecule has 0 atom stereocenters. The van der Waals surface area contributed by atoms with Gasteiger partial charge in [0.15, 0.2) is 11.5 Å². The van der Waals surface area contributed by atoms with Crippen LogP contribution < -0.4 is 9.47 Å². The molecule has 0 saturated carbocycles. The predicted molar refractivity (Wildman–Crippen MR) is 64.8 cm³/mol. The van der Waals surface area contributed by atoms with Gasteiger partial charge in [-0.2, -0.15) is 0 Å². The zero-order valence-corrected chi connectivity index (χ0v) is 10.4. The molecule has 1 aromatic rings. The van der Waals surface area contributed by atoms with E-state index in [0.717, 1.165) is 0 Å². The first-order valence-electron chi connectivity index (χ1n) is 5.67. The summed E-state index contributed by atoms with van der Waals surface area (Å²) < 4.78 is 10.4. The van der Waals surface area contributed by atoms with Crippen LogP contribution >= 0.6 is 0 Å². The number of carbonyl (C=O) groups is 2. The second kappa shape index (κ2) is 6.64. The summed E-state index contributed by atoms with van der Waals surface area (Å²) in [4.78, 5) is 21.5. The predicted octanol–water partition coefficient (Wildman–Crippen LogP) is 2.06. The second-order valence-corrected chi connectivity index (χ2v) is 3.98. The fraction of sp³-hybridized carbons (Fsp3) is 0.385. The molecule has 0 unspecified atom stereocenters. The summed E-state index contributed by atoms with van der Waals surface area (Å²) >= 11 is 0. The maximum absolute atomic E-state index is 11.3. The van der Waals surface area contributed by atoms with Crippen LogP contribution in [0.2, 0.25) is 0 Å². The Morgan fingerprint density at radius 1 is 1.44 bits per heavy atom. The highest BCUT2D eigenvalue weighted by Crippen LogP contribution is 2.31. The standard InChI is InChI=1S/C13H16O5/c1-9(2)17-10-5-6-11(15)12(8-10)18-13(16)4-3-7-14/h5-9,15H,3-4H2,1-2H3. The quantitative estimate of drug-likeness (QED) is 0.476. The lowest BCUT2D eigenvalue weighted by atomic mass is 10.3. The van der Waals surface area contributed by atoms with E-state index in [-0.39, 0.29) is 30.4 Å². The lowest BCUT2D eigenvalue weighted by Gasteiger charge is -2.12. The number of hydrogen-bond donors (Lipinski definition) is 1. The van der Waals surface area contributed by atoms with E-state index in [9.17, 15) is 14.7 Å². The molecule has 1 aromatic carbocycles. The van der Waals surface area contributed by atoms with Crippen LogP contribution in [0.25, 0.3) is 0 Å². The van der Waals surface area contributed by atoms with Crippen LogP contribution in [0.4, 0.5) is 0 Å². The number of phenols is 1. The van der Waals surface area contributed by atoms with Crippen molar-refractivity contribution in [2.24, 2.45) is 0 Å². The first kappa shape index (κ1) is 14.0. The van der Waals surface area contributed by atoms with Crippen molar-refractivity contribution in [2.45, 2.75) is 32.8 Å². The molecule has 0 fully saturated rings. The fourth-order valence-electron chi connectivity index (χ4n) is 1.27. The highest BCUT2D eigenvalue weighted by Gasteiger charge is 2.10. The minimum atomic E-state index is -0.570. The van der Waals surface area contributed by atoms with Crippen molar-refractivity contribution in [1.82, 2.24) is 0 Å². The van der Waals surface area contributed by atoms with Gasteiger partial charge in [-0.05, 0) is 26.0 Å². The van der Waals surface area contributed by atoms with E-state index in [1.807, 2.05) is 13.8 Å². The van der Waals surface area contributed by atoms with E-state index in [2.05, 4.69) is 0 Å². The zero-order valence-electron chi connectivity index (χ0n) is 10.4. The minimum absolute atomic E-state index is 0.0157. The number of hydrogen-bond acceptors (Lipinski definition) is 5. The molecule has 0 aliphatic carbocycles. The molecule has 0 bridgehead atoms. The largest absolute Gasteiger partial charge is 0.504 e. The van der Waals surface area contributed by atoms with E-state index in [1.54, 1.807) is 6.07 Å². The molecule has 0 aliphatic heterocycles. The summed E-state index contributed by atoms with van der Waals surface area (Å²) in [5.41, 5.74) is 0. The summed E-state index contributed by atoms with van der Waals surface area (Å²) in [5, 5.41) is 9.54. The third-order valence-corrected chi connectivity index (χ3v) is 1.99. The Balaban J connectivity index is 2.74. The molecule has 18 heavy (non-hydrogen) atoms. The van der Waals surface area contributed by atoms with Gasteiger partial charge in [0.25, 0.3) is 0 Å². The van der Waals surface area contributed by atoms with Crippen molar-refractivity contribution < 1.29 is 24.2 Å². The van der Waals surface area contributed by atoms with Gasteiger partial charge < -0.3 is 19.4 Å². The molecule has 1 N–H and O–H groups in total. The van der Waals surface area contributed by atoms with Crippen LogP contribution in [0.1, 0.15) is 26.7 Å². The number of aldehydes is 1. The Morgan fingerprint density at radius 3 is 2.78 bits per heavy atom. The first-order valence-corrected chi connectivity index (χ1v) is 5.67. The fourth-order valence-corrected chi connectivity index (χ4v) is 1.27. The topological polar surface area (TPSA) is 72.8 Å². The average Bonchev–Trinajstić information content (AvgIpc) is 2.30. The van der Waals surface area contributed by atoms with Gasteiger partial charge in [-0.25, -0.2) is 0 Å². The normalized spacial score (nSPS) is 10.2. The lowest BCUT2D eigenvalue weighted by molar-refractivity contribution is -0.135. The lowest BCUT2D eigenvalue weighted by Crippen LogP contribution is -2.09. The molecule has 0 aromatic heterocycles. The monoisotopic (exact) mass is 252 g/mol. The maximum atomic E-state index is 11.3. The highest BCUT2D eigenvalue weighted by atomic mass is 16.5. The van der Waals surface area contributed by atoms with Crippen molar-refractivity contribution in [3.05, 3.63) is 18.2 Å². The third-order valence-electron chi connectivity index (χ3n) is 1.99. The Bertz CT molecular complexity index is 425. The Labute approximate surface area is 105 Å². The van der Waals surface area contributed by atoms with Crippen molar-refractivity contribution in [1.29, 1.82) is 0 Å². The molecule has 0 radical (unpaired) electrons. The maximum Gasteiger partial charge on any atom is 0.311 e. The van der Waals surface area contributed by atoms with E-state index in [0.29, 0.717) is 12.0 Å². The van der Waals surface area contributed by atoms with Crippen LogP contribution in [-0.4, -0.2) is 23.5 Å². The van der Waals surface area contributed by atoms with Gasteiger partial charge in [0.05, 0.1) is 12.5 Å². The molecular weight excluding hydrogens is 236 g/mol. The van der Waals surface area contributed by atoms with Gasteiger partial charge in [-0.15, -0.1) is 0 Å². The third kappa shape index (κ3) is 4.45. The number of rotatable bonds is 6. The molecule has 98 valence electrons. The molecule has 1 rings (SSSR count). The number of aromatic hydroxyl groups is 1. The average molecular weight is 252 g/mol. The Morgan fingerprint density at radius 2 is 2.17 bits per heavy atom. The summed E-state index contributed by atoms with van der Waals surface area (Å²) in [5.74, 6) is -0.185. The van der Waals surface area contributed by atoms with Crippen molar-refractivity contribution >= 4 is 12.3 Å². The zero-order chi connectivity index (χ0) is 13.5. The number of esters is 1. The van der Waals surface area contributed by atoms with Gasteiger partial charge in [-0.3, -0.25) is 4.79 Å². The van der Waals surface area contributed by atoms with E-state index >= 15 is 0 Å². The van der Waals surface area contributed by atoms with Gasteiger partial charge >= 0.3 is 5.97 Å². The summed E-state index contributed by atoms with van der Waals surface area (Å²) in [6.07, 6.45) is 0.701. The van der Waals surface area contributed by atoms with Crippen LogP contribution in [0.5, 0.6) is 17.2 Å². The number of benzene rings is 1. The van der Waals surface area contributed by atoms with Gasteiger partial charge in [-0.1, -0.05) is 0 Å². The van der Waals surface area contributed by atoms with Gasteiger partial charge in [0.2, 0.25) is 0 Å². The Hall–Kier alpha value is -2.04. The number of ether oxygens (including phenoxy) is 2. The molecule has 0 saturated heterocycles. The van der Waals surface area contributed by atoms with E-state index in [4.69, 9.17) is 9.47 Å². The molecule has 0 amide bonds. The van der Waals surface area contributed by atoms with Crippen molar-refractivity contribution in [2.75, 3.05) is 0 Å². The van der Waals surface area contributed by atoms with E-state index < -0.39 is 5.97 Å². The van der Waals surface area contributed by atoms with E-state index in [1.165, 1.54) is 12.1 Å². The van der Waals surface area contributed by atoms with Crippen LogP contribution in [-0.2, 0) is 9.59 Å². The minimum Gasteiger partial charge on any atom is -0.504 e.